The Morgan fingerprint density at radius 1 is 0.739 bits per heavy atom. The lowest BCUT2D eigenvalue weighted by Crippen LogP contribution is -2.14. The normalized spacial score (nSPS) is 10.5. The van der Waals surface area contributed by atoms with Crippen LogP contribution in [0.3, 0.4) is 0 Å². The molecule has 0 heterocycles. The Labute approximate surface area is 136 Å². The van der Waals surface area contributed by atoms with E-state index in [2.05, 4.69) is 0 Å². The molecule has 23 heavy (non-hydrogen) atoms. The number of ether oxygens (including phenoxy) is 1. The number of esters is 1. The molecule has 3 aromatic carbocycles. The second kappa shape index (κ2) is 6.93. The van der Waals surface area contributed by atoms with Gasteiger partial charge in [0.25, 0.3) is 0 Å². The van der Waals surface area contributed by atoms with Gasteiger partial charge in [-0.1, -0.05) is 78.9 Å². The minimum atomic E-state index is -0.412. The molecule has 0 unspecified atom stereocenters. The van der Waals surface area contributed by atoms with Crippen LogP contribution in [0, 0.1) is 6.92 Å². The number of rotatable bonds is 4. The molecule has 0 aliphatic rings. The summed E-state index contributed by atoms with van der Waals surface area (Å²) in [6, 6.07) is 27.1. The van der Waals surface area contributed by atoms with E-state index in [1.54, 1.807) is 6.07 Å². The van der Waals surface area contributed by atoms with Crippen molar-refractivity contribution in [3.63, 3.8) is 0 Å². The second-order valence-corrected chi connectivity index (χ2v) is 5.42. The fraction of sp³-hybridized carbons (Fsp3) is 0.0952. The van der Waals surface area contributed by atoms with E-state index in [4.69, 9.17) is 4.74 Å². The Kier molecular flexibility index (Phi) is 4.53. The van der Waals surface area contributed by atoms with Gasteiger partial charge in [0, 0.05) is 0 Å². The van der Waals surface area contributed by atoms with Gasteiger partial charge in [-0.05, 0) is 29.7 Å². The summed E-state index contributed by atoms with van der Waals surface area (Å²) < 4.78 is 5.85. The highest BCUT2D eigenvalue weighted by Gasteiger charge is 2.20. The molecule has 0 radical (unpaired) electrons. The number of benzene rings is 3. The van der Waals surface area contributed by atoms with Gasteiger partial charge in [-0.2, -0.15) is 0 Å². The fourth-order valence-electron chi connectivity index (χ4n) is 2.56. The van der Waals surface area contributed by atoms with Crippen molar-refractivity contribution < 1.29 is 9.53 Å². The van der Waals surface area contributed by atoms with Gasteiger partial charge in [-0.25, -0.2) is 4.79 Å². The molecule has 2 nitrogen and oxygen atoms in total. The third-order valence-electron chi connectivity index (χ3n) is 3.79. The Bertz CT molecular complexity index is 740. The first kappa shape index (κ1) is 15.0. The first-order valence-corrected chi connectivity index (χ1v) is 7.62. The Morgan fingerprint density at radius 3 is 1.74 bits per heavy atom. The molecule has 0 aliphatic heterocycles. The zero-order valence-electron chi connectivity index (χ0n) is 13.0. The smallest absolute Gasteiger partial charge is 0.339 e. The van der Waals surface area contributed by atoms with Crippen molar-refractivity contribution in [1.29, 1.82) is 0 Å². The average molecular weight is 302 g/mol. The van der Waals surface area contributed by atoms with E-state index in [9.17, 15) is 4.79 Å². The minimum absolute atomic E-state index is 0.305. The van der Waals surface area contributed by atoms with Gasteiger partial charge >= 0.3 is 5.97 Å². The zero-order valence-corrected chi connectivity index (χ0v) is 13.0. The molecule has 0 spiro atoms. The van der Waals surface area contributed by atoms with Crippen LogP contribution in [0.2, 0.25) is 0 Å². The van der Waals surface area contributed by atoms with E-state index < -0.39 is 6.10 Å². The minimum Gasteiger partial charge on any atom is -0.449 e. The van der Waals surface area contributed by atoms with Crippen LogP contribution in [0.5, 0.6) is 0 Å². The van der Waals surface area contributed by atoms with Gasteiger partial charge in [0.1, 0.15) is 0 Å². The first-order valence-electron chi connectivity index (χ1n) is 7.62. The van der Waals surface area contributed by atoms with Crippen LogP contribution in [-0.2, 0) is 4.74 Å². The lowest BCUT2D eigenvalue weighted by Gasteiger charge is -2.19. The standard InChI is InChI=1S/C21H18O2/c1-16-10-8-9-15-19(16)21(22)23-20(17-11-4-2-5-12-17)18-13-6-3-7-14-18/h2-15,20H,1H3. The topological polar surface area (TPSA) is 26.3 Å². The van der Waals surface area contributed by atoms with Crippen molar-refractivity contribution in [3.05, 3.63) is 107 Å². The summed E-state index contributed by atoms with van der Waals surface area (Å²) in [5, 5.41) is 0. The van der Waals surface area contributed by atoms with E-state index >= 15 is 0 Å². The molecule has 0 bridgehead atoms. The molecule has 2 heteroatoms. The molecule has 0 saturated carbocycles. The van der Waals surface area contributed by atoms with Crippen LogP contribution in [0.4, 0.5) is 0 Å². The second-order valence-electron chi connectivity index (χ2n) is 5.42. The van der Waals surface area contributed by atoms with Crippen molar-refractivity contribution >= 4 is 5.97 Å². The van der Waals surface area contributed by atoms with E-state index in [0.717, 1.165) is 16.7 Å². The average Bonchev–Trinajstić information content (AvgIpc) is 2.61. The summed E-state index contributed by atoms with van der Waals surface area (Å²) in [6.45, 7) is 1.91. The van der Waals surface area contributed by atoms with Crippen LogP contribution >= 0.6 is 0 Å². The van der Waals surface area contributed by atoms with Crippen molar-refractivity contribution in [2.24, 2.45) is 0 Å². The van der Waals surface area contributed by atoms with E-state index in [1.165, 1.54) is 0 Å². The van der Waals surface area contributed by atoms with Gasteiger partial charge in [0.2, 0.25) is 0 Å². The van der Waals surface area contributed by atoms with Crippen molar-refractivity contribution in [1.82, 2.24) is 0 Å². The number of hydrogen-bond acceptors (Lipinski definition) is 2. The van der Waals surface area contributed by atoms with Crippen LogP contribution in [0.25, 0.3) is 0 Å². The number of aryl methyl sites for hydroxylation is 1. The molecule has 0 aromatic heterocycles. The number of carbonyl (C=O) groups is 1. The quantitative estimate of drug-likeness (QED) is 0.638. The summed E-state index contributed by atoms with van der Waals surface area (Å²) in [5.41, 5.74) is 3.43. The predicted octanol–water partition coefficient (Wildman–Crippen LogP) is 4.94. The lowest BCUT2D eigenvalue weighted by molar-refractivity contribution is 0.0377. The summed E-state index contributed by atoms with van der Waals surface area (Å²) >= 11 is 0. The highest BCUT2D eigenvalue weighted by atomic mass is 16.5. The lowest BCUT2D eigenvalue weighted by atomic mass is 10.0. The SMILES string of the molecule is Cc1ccccc1C(=O)OC(c1ccccc1)c1ccccc1. The maximum atomic E-state index is 12.6. The molecule has 0 aliphatic carbocycles. The van der Waals surface area contributed by atoms with Crippen LogP contribution in [0.1, 0.15) is 33.2 Å². The zero-order chi connectivity index (χ0) is 16.1. The maximum Gasteiger partial charge on any atom is 0.339 e. The summed E-state index contributed by atoms with van der Waals surface area (Å²) in [4.78, 5) is 12.6. The molecular formula is C21H18O2. The molecule has 114 valence electrons. The Hall–Kier alpha value is -2.87. The third-order valence-corrected chi connectivity index (χ3v) is 3.79. The molecule has 3 aromatic rings. The number of hydrogen-bond donors (Lipinski definition) is 0. The highest BCUT2D eigenvalue weighted by molar-refractivity contribution is 5.91. The Balaban J connectivity index is 1.94. The molecule has 3 rings (SSSR count). The molecule has 0 fully saturated rings. The maximum absolute atomic E-state index is 12.6. The molecule has 0 saturated heterocycles. The molecule has 0 amide bonds. The largest absolute Gasteiger partial charge is 0.449 e. The molecular weight excluding hydrogens is 284 g/mol. The van der Waals surface area contributed by atoms with E-state index in [-0.39, 0.29) is 5.97 Å². The van der Waals surface area contributed by atoms with Gasteiger partial charge in [-0.3, -0.25) is 0 Å². The van der Waals surface area contributed by atoms with Crippen molar-refractivity contribution in [2.45, 2.75) is 13.0 Å². The van der Waals surface area contributed by atoms with E-state index in [1.807, 2.05) is 85.8 Å². The first-order chi connectivity index (χ1) is 11.3. The van der Waals surface area contributed by atoms with Crippen LogP contribution in [0.15, 0.2) is 84.9 Å². The molecule has 0 atom stereocenters. The fourth-order valence-corrected chi connectivity index (χ4v) is 2.56. The van der Waals surface area contributed by atoms with Crippen LogP contribution in [-0.4, -0.2) is 5.97 Å². The highest BCUT2D eigenvalue weighted by Crippen LogP contribution is 2.27. The predicted molar refractivity (Wildman–Crippen MR) is 91.3 cm³/mol. The van der Waals surface area contributed by atoms with Crippen LogP contribution < -0.4 is 0 Å². The van der Waals surface area contributed by atoms with Gasteiger partial charge in [-0.15, -0.1) is 0 Å². The third kappa shape index (κ3) is 3.49. The van der Waals surface area contributed by atoms with Crippen molar-refractivity contribution in [2.75, 3.05) is 0 Å². The van der Waals surface area contributed by atoms with Gasteiger partial charge in [0.15, 0.2) is 6.10 Å². The summed E-state index contributed by atoms with van der Waals surface area (Å²) in [7, 11) is 0. The summed E-state index contributed by atoms with van der Waals surface area (Å²) in [5.74, 6) is -0.305. The monoisotopic (exact) mass is 302 g/mol. The van der Waals surface area contributed by atoms with E-state index in [0.29, 0.717) is 5.56 Å². The van der Waals surface area contributed by atoms with Gasteiger partial charge < -0.3 is 4.74 Å². The van der Waals surface area contributed by atoms with Gasteiger partial charge in [0.05, 0.1) is 5.56 Å². The Morgan fingerprint density at radius 2 is 1.22 bits per heavy atom. The van der Waals surface area contributed by atoms with Crippen molar-refractivity contribution in [3.8, 4) is 0 Å². The summed E-state index contributed by atoms with van der Waals surface area (Å²) in [6.07, 6.45) is -0.412. The molecule has 0 N–H and O–H groups in total. The number of carbonyl (C=O) groups excluding carboxylic acids is 1.